The summed E-state index contributed by atoms with van der Waals surface area (Å²) in [5, 5.41) is 37.7. The summed E-state index contributed by atoms with van der Waals surface area (Å²) in [6, 6.07) is 0. The van der Waals surface area contributed by atoms with Gasteiger partial charge in [0.25, 0.3) is 0 Å². The predicted octanol–water partition coefficient (Wildman–Crippen LogP) is -0.202. The van der Waals surface area contributed by atoms with Crippen molar-refractivity contribution in [3.05, 3.63) is 0 Å². The van der Waals surface area contributed by atoms with Gasteiger partial charge in [-0.3, -0.25) is 0 Å². The van der Waals surface area contributed by atoms with Crippen LogP contribution in [0.2, 0.25) is 0 Å². The van der Waals surface area contributed by atoms with Crippen molar-refractivity contribution in [1.82, 2.24) is 0 Å². The summed E-state index contributed by atoms with van der Waals surface area (Å²) >= 11 is 0. The van der Waals surface area contributed by atoms with Gasteiger partial charge in [0.15, 0.2) is 0 Å². The zero-order valence-corrected chi connectivity index (χ0v) is 14.5. The molecule has 0 aliphatic rings. The number of hydrogen-bond donors (Lipinski definition) is 4. The van der Waals surface area contributed by atoms with Crippen molar-refractivity contribution in [1.29, 1.82) is 0 Å². The van der Waals surface area contributed by atoms with Gasteiger partial charge in [0.05, 0.1) is 63.7 Å². The van der Waals surface area contributed by atoms with E-state index in [1.54, 1.807) is 0 Å². The van der Waals surface area contributed by atoms with Crippen LogP contribution in [0.15, 0.2) is 0 Å². The SMILES string of the molecule is CCCOCC(CO)(COCCC)COCC(CO)(CO)CO. The molecule has 0 aliphatic heterocycles. The van der Waals surface area contributed by atoms with Crippen LogP contribution in [-0.4, -0.2) is 86.5 Å². The van der Waals surface area contributed by atoms with Crippen molar-refractivity contribution in [2.45, 2.75) is 26.7 Å². The minimum atomic E-state index is -1.09. The van der Waals surface area contributed by atoms with Crippen molar-refractivity contribution in [3.8, 4) is 0 Å². The molecule has 0 rings (SSSR count). The molecule has 7 heteroatoms. The third-order valence-electron chi connectivity index (χ3n) is 3.67. The Labute approximate surface area is 139 Å². The van der Waals surface area contributed by atoms with E-state index in [1.807, 2.05) is 13.8 Å². The standard InChI is InChI=1S/C16H34O7/c1-3-5-21-12-16(10-20,13-22-6-4-2)14-23-11-15(7-17,8-18)9-19/h17-20H,3-14H2,1-2H3. The minimum absolute atomic E-state index is 0.0141. The summed E-state index contributed by atoms with van der Waals surface area (Å²) in [5.74, 6) is 0. The lowest BCUT2D eigenvalue weighted by Crippen LogP contribution is -2.44. The van der Waals surface area contributed by atoms with E-state index >= 15 is 0 Å². The third kappa shape index (κ3) is 8.39. The largest absolute Gasteiger partial charge is 0.396 e. The fourth-order valence-corrected chi connectivity index (χ4v) is 1.90. The first-order valence-corrected chi connectivity index (χ1v) is 8.24. The van der Waals surface area contributed by atoms with Crippen LogP contribution in [0.5, 0.6) is 0 Å². The van der Waals surface area contributed by atoms with E-state index in [0.29, 0.717) is 26.4 Å². The molecule has 0 radical (unpaired) electrons. The van der Waals surface area contributed by atoms with Gasteiger partial charge in [-0.25, -0.2) is 0 Å². The molecule has 7 nitrogen and oxygen atoms in total. The number of aliphatic hydroxyl groups excluding tert-OH is 4. The molecule has 0 aromatic carbocycles. The van der Waals surface area contributed by atoms with E-state index in [2.05, 4.69) is 0 Å². The molecule has 0 aliphatic carbocycles. The zero-order valence-electron chi connectivity index (χ0n) is 14.5. The molecule has 0 aromatic rings. The molecule has 0 spiro atoms. The van der Waals surface area contributed by atoms with Crippen LogP contribution >= 0.6 is 0 Å². The van der Waals surface area contributed by atoms with E-state index < -0.39 is 10.8 Å². The monoisotopic (exact) mass is 338 g/mol. The maximum atomic E-state index is 9.79. The maximum Gasteiger partial charge on any atom is 0.0635 e. The third-order valence-corrected chi connectivity index (χ3v) is 3.67. The Hall–Kier alpha value is -0.280. The predicted molar refractivity (Wildman–Crippen MR) is 86.2 cm³/mol. The van der Waals surface area contributed by atoms with Crippen molar-refractivity contribution >= 4 is 0 Å². The van der Waals surface area contributed by atoms with Gasteiger partial charge in [-0.1, -0.05) is 13.8 Å². The molecule has 4 N–H and O–H groups in total. The topological polar surface area (TPSA) is 109 Å². The number of rotatable bonds is 16. The number of hydrogen-bond acceptors (Lipinski definition) is 7. The van der Waals surface area contributed by atoms with Crippen molar-refractivity contribution in [2.75, 3.05) is 66.1 Å². The van der Waals surface area contributed by atoms with E-state index in [0.717, 1.165) is 12.8 Å². The number of ether oxygens (including phenoxy) is 3. The second-order valence-corrected chi connectivity index (χ2v) is 6.23. The lowest BCUT2D eigenvalue weighted by atomic mass is 9.90. The molecule has 23 heavy (non-hydrogen) atoms. The van der Waals surface area contributed by atoms with Crippen LogP contribution in [0, 0.1) is 10.8 Å². The van der Waals surface area contributed by atoms with Gasteiger partial charge in [-0.15, -0.1) is 0 Å². The lowest BCUT2D eigenvalue weighted by molar-refractivity contribution is -0.120. The van der Waals surface area contributed by atoms with Crippen LogP contribution in [0.4, 0.5) is 0 Å². The Morgan fingerprint density at radius 3 is 1.26 bits per heavy atom. The highest BCUT2D eigenvalue weighted by molar-refractivity contribution is 4.81. The summed E-state index contributed by atoms with van der Waals surface area (Å²) in [6.45, 7) is 4.60. The Kier molecular flexibility index (Phi) is 12.9. The van der Waals surface area contributed by atoms with Gasteiger partial charge in [-0.05, 0) is 12.8 Å². The molecule has 0 amide bonds. The molecule has 0 bridgehead atoms. The Balaban J connectivity index is 4.64. The molecule has 0 aromatic heterocycles. The van der Waals surface area contributed by atoms with E-state index in [-0.39, 0.29) is 39.6 Å². The summed E-state index contributed by atoms with van der Waals surface area (Å²) in [4.78, 5) is 0. The molecule has 0 atom stereocenters. The summed E-state index contributed by atoms with van der Waals surface area (Å²) in [7, 11) is 0. The fraction of sp³-hybridized carbons (Fsp3) is 1.00. The normalized spacial score (nSPS) is 12.8. The summed E-state index contributed by atoms with van der Waals surface area (Å²) < 4.78 is 16.7. The molecule has 0 unspecified atom stereocenters. The smallest absolute Gasteiger partial charge is 0.0635 e. The summed E-state index contributed by atoms with van der Waals surface area (Å²) in [6.07, 6.45) is 1.75. The quantitative estimate of drug-likeness (QED) is 0.289. The minimum Gasteiger partial charge on any atom is -0.396 e. The van der Waals surface area contributed by atoms with E-state index in [1.165, 1.54) is 0 Å². The molecule has 0 saturated carbocycles. The van der Waals surface area contributed by atoms with Gasteiger partial charge in [0, 0.05) is 13.2 Å². The average Bonchev–Trinajstić information content (AvgIpc) is 2.59. The number of aliphatic hydroxyl groups is 4. The van der Waals surface area contributed by atoms with Gasteiger partial charge < -0.3 is 34.6 Å². The Bertz CT molecular complexity index is 251. The van der Waals surface area contributed by atoms with Crippen LogP contribution in [0.25, 0.3) is 0 Å². The van der Waals surface area contributed by atoms with Crippen LogP contribution in [0.1, 0.15) is 26.7 Å². The second-order valence-electron chi connectivity index (χ2n) is 6.23. The average molecular weight is 338 g/mol. The van der Waals surface area contributed by atoms with Crippen LogP contribution < -0.4 is 0 Å². The molecule has 0 saturated heterocycles. The molecule has 0 fully saturated rings. The zero-order chi connectivity index (χ0) is 17.6. The van der Waals surface area contributed by atoms with Crippen molar-refractivity contribution < 1.29 is 34.6 Å². The van der Waals surface area contributed by atoms with Gasteiger partial charge >= 0.3 is 0 Å². The highest BCUT2D eigenvalue weighted by Crippen LogP contribution is 2.22. The van der Waals surface area contributed by atoms with E-state index in [9.17, 15) is 20.4 Å². The molecular weight excluding hydrogens is 304 g/mol. The molecule has 140 valence electrons. The van der Waals surface area contributed by atoms with Gasteiger partial charge in [0.1, 0.15) is 0 Å². The first-order chi connectivity index (χ1) is 11.1. The highest BCUT2D eigenvalue weighted by atomic mass is 16.5. The molecular formula is C16H34O7. The van der Waals surface area contributed by atoms with Gasteiger partial charge in [0.2, 0.25) is 0 Å². The first-order valence-electron chi connectivity index (χ1n) is 8.24. The summed E-state index contributed by atoms with van der Waals surface area (Å²) in [5.41, 5.74) is -1.79. The Morgan fingerprint density at radius 2 is 0.913 bits per heavy atom. The lowest BCUT2D eigenvalue weighted by Gasteiger charge is -2.33. The first kappa shape index (κ1) is 22.7. The molecule has 0 heterocycles. The van der Waals surface area contributed by atoms with Crippen LogP contribution in [-0.2, 0) is 14.2 Å². The van der Waals surface area contributed by atoms with Gasteiger partial charge in [-0.2, -0.15) is 0 Å². The highest BCUT2D eigenvalue weighted by Gasteiger charge is 2.34. The fourth-order valence-electron chi connectivity index (χ4n) is 1.90. The van der Waals surface area contributed by atoms with E-state index in [4.69, 9.17) is 14.2 Å². The van der Waals surface area contributed by atoms with Crippen molar-refractivity contribution in [2.24, 2.45) is 10.8 Å². The maximum absolute atomic E-state index is 9.79. The second kappa shape index (κ2) is 13.1. The van der Waals surface area contributed by atoms with Crippen molar-refractivity contribution in [3.63, 3.8) is 0 Å². The Morgan fingerprint density at radius 1 is 0.565 bits per heavy atom. The van der Waals surface area contributed by atoms with Crippen LogP contribution in [0.3, 0.4) is 0 Å².